The summed E-state index contributed by atoms with van der Waals surface area (Å²) < 4.78 is 19.5. The number of likely N-dealkylation sites (tertiary alicyclic amines) is 2. The number of carbonyl (C=O) groups is 1. The highest BCUT2D eigenvalue weighted by atomic mass is 19.1. The molecule has 2 fully saturated rings. The first-order valence-corrected chi connectivity index (χ1v) is 9.35. The third-order valence-corrected chi connectivity index (χ3v) is 5.97. The van der Waals surface area contributed by atoms with Crippen LogP contribution in [-0.4, -0.2) is 49.5 Å². The normalized spacial score (nSPS) is 24.1. The number of rotatable bonds is 3. The van der Waals surface area contributed by atoms with Gasteiger partial charge in [-0.3, -0.25) is 9.69 Å². The SMILES string of the molecule is COc1ccc([C@@H]2[C@@H]3CN(C(=O)c4ccc(C#N)cc4F)C[C@@H]3CN2C)cc1. The molecule has 1 amide bonds. The van der Waals surface area contributed by atoms with Crippen LogP contribution in [0.4, 0.5) is 4.39 Å². The van der Waals surface area contributed by atoms with E-state index in [9.17, 15) is 9.18 Å². The lowest BCUT2D eigenvalue weighted by molar-refractivity contribution is 0.0763. The average molecular weight is 379 g/mol. The minimum Gasteiger partial charge on any atom is -0.497 e. The largest absolute Gasteiger partial charge is 0.497 e. The molecule has 0 aromatic heterocycles. The van der Waals surface area contributed by atoms with E-state index in [1.165, 1.54) is 17.7 Å². The molecule has 3 atom stereocenters. The number of methoxy groups -OCH3 is 1. The molecule has 2 aliphatic heterocycles. The van der Waals surface area contributed by atoms with Gasteiger partial charge in [0.05, 0.1) is 24.3 Å². The maximum Gasteiger partial charge on any atom is 0.256 e. The van der Waals surface area contributed by atoms with E-state index >= 15 is 0 Å². The summed E-state index contributed by atoms with van der Waals surface area (Å²) >= 11 is 0. The van der Waals surface area contributed by atoms with Crippen LogP contribution in [0, 0.1) is 29.0 Å². The number of nitrogens with zero attached hydrogens (tertiary/aromatic N) is 3. The van der Waals surface area contributed by atoms with Crippen LogP contribution in [0.3, 0.4) is 0 Å². The molecule has 28 heavy (non-hydrogen) atoms. The smallest absolute Gasteiger partial charge is 0.256 e. The second-order valence-corrected chi connectivity index (χ2v) is 7.60. The van der Waals surface area contributed by atoms with Gasteiger partial charge in [0.15, 0.2) is 0 Å². The molecule has 0 spiro atoms. The molecule has 2 aromatic rings. The lowest BCUT2D eigenvalue weighted by atomic mass is 9.89. The van der Waals surface area contributed by atoms with Crippen molar-refractivity contribution >= 4 is 5.91 Å². The third kappa shape index (κ3) is 3.12. The number of hydrogen-bond donors (Lipinski definition) is 0. The van der Waals surface area contributed by atoms with E-state index in [2.05, 4.69) is 24.1 Å². The second kappa shape index (κ2) is 7.25. The van der Waals surface area contributed by atoms with E-state index in [4.69, 9.17) is 10.00 Å². The van der Waals surface area contributed by atoms with E-state index in [1.54, 1.807) is 12.0 Å². The summed E-state index contributed by atoms with van der Waals surface area (Å²) in [6.07, 6.45) is 0. The summed E-state index contributed by atoms with van der Waals surface area (Å²) in [7, 11) is 3.76. The maximum atomic E-state index is 14.3. The maximum absolute atomic E-state index is 14.3. The zero-order chi connectivity index (χ0) is 19.8. The topological polar surface area (TPSA) is 56.6 Å². The van der Waals surface area contributed by atoms with Crippen molar-refractivity contribution in [2.24, 2.45) is 11.8 Å². The Bertz CT molecular complexity index is 938. The predicted octanol–water partition coefficient (Wildman–Crippen LogP) is 3.08. The standard InChI is InChI=1S/C22H22FN3O2/c1-25-11-16-12-26(22(27)18-8-3-14(10-24)9-20(18)23)13-19(16)21(25)15-4-6-17(28-2)7-5-15/h3-9,16,19,21H,11-13H2,1-2H3/t16-,19+,21+/m0/s1. The molecular formula is C22H22FN3O2. The van der Waals surface area contributed by atoms with Crippen LogP contribution in [-0.2, 0) is 0 Å². The molecule has 0 N–H and O–H groups in total. The van der Waals surface area contributed by atoms with Gasteiger partial charge in [-0.15, -0.1) is 0 Å². The van der Waals surface area contributed by atoms with Crippen molar-refractivity contribution in [2.45, 2.75) is 6.04 Å². The van der Waals surface area contributed by atoms with Crippen LogP contribution in [0.1, 0.15) is 27.5 Å². The van der Waals surface area contributed by atoms with Gasteiger partial charge in [-0.1, -0.05) is 12.1 Å². The molecule has 6 heteroatoms. The molecule has 144 valence electrons. The van der Waals surface area contributed by atoms with E-state index in [-0.39, 0.29) is 23.1 Å². The number of nitriles is 1. The van der Waals surface area contributed by atoms with Crippen LogP contribution in [0.25, 0.3) is 0 Å². The summed E-state index contributed by atoms with van der Waals surface area (Å²) in [5.74, 6) is 0.559. The van der Waals surface area contributed by atoms with Crippen LogP contribution < -0.4 is 4.74 Å². The Labute approximate surface area is 163 Å². The Morgan fingerprint density at radius 2 is 1.93 bits per heavy atom. The Balaban J connectivity index is 1.54. The van der Waals surface area contributed by atoms with Gasteiger partial charge >= 0.3 is 0 Å². The summed E-state index contributed by atoms with van der Waals surface area (Å²) in [6.45, 7) is 2.13. The lowest BCUT2D eigenvalue weighted by Crippen LogP contribution is -2.33. The number of hydrogen-bond acceptors (Lipinski definition) is 4. The van der Waals surface area contributed by atoms with Gasteiger partial charge in [0, 0.05) is 31.6 Å². The van der Waals surface area contributed by atoms with Crippen LogP contribution in [0.15, 0.2) is 42.5 Å². The van der Waals surface area contributed by atoms with Gasteiger partial charge in [0.25, 0.3) is 5.91 Å². The van der Waals surface area contributed by atoms with Gasteiger partial charge in [0.1, 0.15) is 11.6 Å². The Morgan fingerprint density at radius 3 is 2.57 bits per heavy atom. The molecule has 0 bridgehead atoms. The molecule has 0 saturated carbocycles. The van der Waals surface area contributed by atoms with Crippen molar-refractivity contribution in [1.82, 2.24) is 9.80 Å². The minimum atomic E-state index is -0.634. The van der Waals surface area contributed by atoms with Crippen LogP contribution >= 0.6 is 0 Å². The third-order valence-electron chi connectivity index (χ3n) is 5.97. The van der Waals surface area contributed by atoms with E-state index in [0.29, 0.717) is 24.9 Å². The zero-order valence-electron chi connectivity index (χ0n) is 15.9. The number of ether oxygens (including phenoxy) is 1. The van der Waals surface area contributed by atoms with Gasteiger partial charge < -0.3 is 9.64 Å². The van der Waals surface area contributed by atoms with Gasteiger partial charge in [0.2, 0.25) is 0 Å². The van der Waals surface area contributed by atoms with Gasteiger partial charge in [-0.25, -0.2) is 4.39 Å². The van der Waals surface area contributed by atoms with Crippen molar-refractivity contribution in [3.05, 3.63) is 65.0 Å². The summed E-state index contributed by atoms with van der Waals surface area (Å²) in [4.78, 5) is 17.0. The first kappa shape index (κ1) is 18.5. The first-order chi connectivity index (χ1) is 13.5. The Hall–Kier alpha value is -2.91. The number of fused-ring (bicyclic) bond motifs is 1. The van der Waals surface area contributed by atoms with Crippen molar-refractivity contribution in [3.63, 3.8) is 0 Å². The molecule has 0 unspecified atom stereocenters. The van der Waals surface area contributed by atoms with E-state index < -0.39 is 5.82 Å². The lowest BCUT2D eigenvalue weighted by Gasteiger charge is -2.27. The molecule has 0 aliphatic carbocycles. The van der Waals surface area contributed by atoms with Crippen molar-refractivity contribution in [3.8, 4) is 11.8 Å². The average Bonchev–Trinajstić information content (AvgIpc) is 3.24. The summed E-state index contributed by atoms with van der Waals surface area (Å²) in [6, 6.07) is 14.2. The molecule has 2 aliphatic rings. The molecule has 4 rings (SSSR count). The van der Waals surface area contributed by atoms with E-state index in [0.717, 1.165) is 18.4 Å². The van der Waals surface area contributed by atoms with E-state index in [1.807, 2.05) is 18.2 Å². The molecule has 2 saturated heterocycles. The fourth-order valence-corrected chi connectivity index (χ4v) is 4.65. The molecular weight excluding hydrogens is 357 g/mol. The second-order valence-electron chi connectivity index (χ2n) is 7.60. The first-order valence-electron chi connectivity index (χ1n) is 9.35. The number of carbonyl (C=O) groups excluding carboxylic acids is 1. The number of benzene rings is 2. The molecule has 0 radical (unpaired) electrons. The van der Waals surface area contributed by atoms with Crippen molar-refractivity contribution in [2.75, 3.05) is 33.8 Å². The summed E-state index contributed by atoms with van der Waals surface area (Å²) in [5, 5.41) is 8.88. The van der Waals surface area contributed by atoms with Gasteiger partial charge in [-0.05, 0) is 48.9 Å². The highest BCUT2D eigenvalue weighted by Gasteiger charge is 2.47. The highest BCUT2D eigenvalue weighted by Crippen LogP contribution is 2.44. The Kier molecular flexibility index (Phi) is 4.78. The molecule has 2 aromatic carbocycles. The van der Waals surface area contributed by atoms with Gasteiger partial charge in [-0.2, -0.15) is 5.26 Å². The number of amides is 1. The molecule has 2 heterocycles. The fourth-order valence-electron chi connectivity index (χ4n) is 4.65. The molecule has 5 nitrogen and oxygen atoms in total. The van der Waals surface area contributed by atoms with Crippen molar-refractivity contribution in [1.29, 1.82) is 5.26 Å². The van der Waals surface area contributed by atoms with Crippen molar-refractivity contribution < 1.29 is 13.9 Å². The highest BCUT2D eigenvalue weighted by molar-refractivity contribution is 5.94. The van der Waals surface area contributed by atoms with Crippen LogP contribution in [0.2, 0.25) is 0 Å². The quantitative estimate of drug-likeness (QED) is 0.822. The zero-order valence-corrected chi connectivity index (χ0v) is 15.9. The monoisotopic (exact) mass is 379 g/mol. The number of halogens is 1. The Morgan fingerprint density at radius 1 is 1.18 bits per heavy atom. The fraction of sp³-hybridized carbons (Fsp3) is 0.364. The summed E-state index contributed by atoms with van der Waals surface area (Å²) in [5.41, 5.74) is 1.46. The predicted molar refractivity (Wildman–Crippen MR) is 102 cm³/mol. The minimum absolute atomic E-state index is 0.0355. The van der Waals surface area contributed by atoms with Crippen LogP contribution in [0.5, 0.6) is 5.75 Å².